The van der Waals surface area contributed by atoms with E-state index >= 15 is 0 Å². The highest BCUT2D eigenvalue weighted by atomic mass is 16.2. The standard InChI is InChI=1S/C22H21NO/c1-17-10-9-15-20(16-17)23-21(24)22(2,18-11-5-3-6-12-18)19-13-7-4-8-14-19/h3-16H,1-2H3,(H,23,24). The fourth-order valence-corrected chi connectivity index (χ4v) is 2.95. The minimum atomic E-state index is -0.758. The smallest absolute Gasteiger partial charge is 0.239 e. The summed E-state index contributed by atoms with van der Waals surface area (Å²) in [7, 11) is 0. The molecule has 0 radical (unpaired) electrons. The number of hydrogen-bond donors (Lipinski definition) is 1. The highest BCUT2D eigenvalue weighted by Crippen LogP contribution is 2.33. The molecule has 0 saturated carbocycles. The molecule has 2 nitrogen and oxygen atoms in total. The van der Waals surface area contributed by atoms with Crippen molar-refractivity contribution in [3.05, 3.63) is 102 Å². The third-order valence-electron chi connectivity index (χ3n) is 4.43. The molecule has 3 rings (SSSR count). The van der Waals surface area contributed by atoms with Crippen molar-refractivity contribution >= 4 is 11.6 Å². The van der Waals surface area contributed by atoms with Gasteiger partial charge in [-0.1, -0.05) is 72.8 Å². The van der Waals surface area contributed by atoms with Gasteiger partial charge in [-0.25, -0.2) is 0 Å². The molecule has 1 N–H and O–H groups in total. The van der Waals surface area contributed by atoms with Crippen molar-refractivity contribution in [2.45, 2.75) is 19.3 Å². The normalized spacial score (nSPS) is 11.1. The topological polar surface area (TPSA) is 29.1 Å². The first-order valence-corrected chi connectivity index (χ1v) is 8.10. The lowest BCUT2D eigenvalue weighted by atomic mass is 9.75. The Bertz CT molecular complexity index is 785. The van der Waals surface area contributed by atoms with E-state index in [9.17, 15) is 4.79 Å². The number of benzene rings is 3. The average Bonchev–Trinajstić information content (AvgIpc) is 2.62. The highest BCUT2D eigenvalue weighted by Gasteiger charge is 2.37. The SMILES string of the molecule is Cc1cccc(NC(=O)C(C)(c2ccccc2)c2ccccc2)c1. The van der Waals surface area contributed by atoms with E-state index < -0.39 is 5.41 Å². The van der Waals surface area contributed by atoms with E-state index in [2.05, 4.69) is 5.32 Å². The zero-order valence-corrected chi connectivity index (χ0v) is 14.0. The van der Waals surface area contributed by atoms with Gasteiger partial charge in [0.15, 0.2) is 0 Å². The Morgan fingerprint density at radius 2 is 1.33 bits per heavy atom. The van der Waals surface area contributed by atoms with Crippen LogP contribution >= 0.6 is 0 Å². The van der Waals surface area contributed by atoms with Gasteiger partial charge in [-0.3, -0.25) is 4.79 Å². The summed E-state index contributed by atoms with van der Waals surface area (Å²) in [4.78, 5) is 13.2. The van der Waals surface area contributed by atoms with Gasteiger partial charge in [0.2, 0.25) is 5.91 Å². The molecule has 0 aromatic heterocycles. The minimum Gasteiger partial charge on any atom is -0.325 e. The lowest BCUT2D eigenvalue weighted by molar-refractivity contribution is -0.119. The Morgan fingerprint density at radius 1 is 0.792 bits per heavy atom. The van der Waals surface area contributed by atoms with Gasteiger partial charge in [0.25, 0.3) is 0 Å². The van der Waals surface area contributed by atoms with Gasteiger partial charge in [-0.05, 0) is 42.7 Å². The summed E-state index contributed by atoms with van der Waals surface area (Å²) < 4.78 is 0. The maximum Gasteiger partial charge on any atom is 0.239 e. The quantitative estimate of drug-likeness (QED) is 0.726. The molecular weight excluding hydrogens is 294 g/mol. The fourth-order valence-electron chi connectivity index (χ4n) is 2.95. The molecular formula is C22H21NO. The average molecular weight is 315 g/mol. The van der Waals surface area contributed by atoms with Crippen molar-refractivity contribution < 1.29 is 4.79 Å². The summed E-state index contributed by atoms with van der Waals surface area (Å²) in [6.45, 7) is 3.99. The van der Waals surface area contributed by atoms with Crippen molar-refractivity contribution in [3.63, 3.8) is 0 Å². The summed E-state index contributed by atoms with van der Waals surface area (Å²) >= 11 is 0. The van der Waals surface area contributed by atoms with Crippen molar-refractivity contribution in [3.8, 4) is 0 Å². The van der Waals surface area contributed by atoms with E-state index in [-0.39, 0.29) is 5.91 Å². The molecule has 1 amide bonds. The van der Waals surface area contributed by atoms with Crippen LogP contribution in [0.25, 0.3) is 0 Å². The minimum absolute atomic E-state index is 0.0366. The lowest BCUT2D eigenvalue weighted by Crippen LogP contribution is -2.38. The van der Waals surface area contributed by atoms with Crippen molar-refractivity contribution in [2.24, 2.45) is 0 Å². The summed E-state index contributed by atoms with van der Waals surface area (Å²) in [5, 5.41) is 3.08. The van der Waals surface area contributed by atoms with E-state index in [4.69, 9.17) is 0 Å². The second kappa shape index (κ2) is 6.71. The van der Waals surface area contributed by atoms with Crippen LogP contribution in [-0.2, 0) is 10.2 Å². The van der Waals surface area contributed by atoms with Crippen molar-refractivity contribution in [1.29, 1.82) is 0 Å². The number of amides is 1. The van der Waals surface area contributed by atoms with Gasteiger partial charge in [-0.2, -0.15) is 0 Å². The van der Waals surface area contributed by atoms with Crippen LogP contribution < -0.4 is 5.32 Å². The van der Waals surface area contributed by atoms with Crippen LogP contribution in [0.5, 0.6) is 0 Å². The van der Waals surface area contributed by atoms with E-state index in [1.165, 1.54) is 0 Å². The highest BCUT2D eigenvalue weighted by molar-refractivity contribution is 6.01. The molecule has 24 heavy (non-hydrogen) atoms. The first-order chi connectivity index (χ1) is 11.6. The number of carbonyl (C=O) groups is 1. The number of anilines is 1. The Kier molecular flexibility index (Phi) is 4.48. The summed E-state index contributed by atoms with van der Waals surface area (Å²) in [6, 6.07) is 27.7. The number of hydrogen-bond acceptors (Lipinski definition) is 1. The zero-order valence-electron chi connectivity index (χ0n) is 14.0. The van der Waals surface area contributed by atoms with Crippen LogP contribution in [0, 0.1) is 6.92 Å². The Morgan fingerprint density at radius 3 is 1.83 bits per heavy atom. The van der Waals surface area contributed by atoms with E-state index in [0.717, 1.165) is 22.4 Å². The first kappa shape index (κ1) is 16.0. The third-order valence-corrected chi connectivity index (χ3v) is 4.43. The van der Waals surface area contributed by atoms with Crippen LogP contribution in [0.2, 0.25) is 0 Å². The van der Waals surface area contributed by atoms with Crippen LogP contribution in [0.4, 0.5) is 5.69 Å². The summed E-state index contributed by atoms with van der Waals surface area (Å²) in [6.07, 6.45) is 0. The first-order valence-electron chi connectivity index (χ1n) is 8.10. The van der Waals surface area contributed by atoms with Gasteiger partial charge in [0.1, 0.15) is 0 Å². The molecule has 0 aliphatic rings. The maximum atomic E-state index is 13.2. The maximum absolute atomic E-state index is 13.2. The second-order valence-corrected chi connectivity index (χ2v) is 6.18. The van der Waals surface area contributed by atoms with Gasteiger partial charge in [-0.15, -0.1) is 0 Å². The molecule has 120 valence electrons. The monoisotopic (exact) mass is 315 g/mol. The molecule has 0 aliphatic carbocycles. The molecule has 0 saturated heterocycles. The Balaban J connectivity index is 2.03. The predicted molar refractivity (Wildman–Crippen MR) is 99.1 cm³/mol. The number of carbonyl (C=O) groups excluding carboxylic acids is 1. The molecule has 3 aromatic carbocycles. The van der Waals surface area contributed by atoms with Crippen LogP contribution in [0.15, 0.2) is 84.9 Å². The van der Waals surface area contributed by atoms with E-state index in [1.807, 2.05) is 98.8 Å². The molecule has 2 heteroatoms. The number of nitrogens with one attached hydrogen (secondary N) is 1. The molecule has 0 spiro atoms. The zero-order chi connectivity index (χ0) is 17.0. The van der Waals surface area contributed by atoms with Crippen molar-refractivity contribution in [1.82, 2.24) is 0 Å². The van der Waals surface area contributed by atoms with E-state index in [0.29, 0.717) is 0 Å². The van der Waals surface area contributed by atoms with Crippen LogP contribution in [-0.4, -0.2) is 5.91 Å². The van der Waals surface area contributed by atoms with Gasteiger partial charge in [0, 0.05) is 5.69 Å². The van der Waals surface area contributed by atoms with E-state index in [1.54, 1.807) is 0 Å². The molecule has 0 heterocycles. The molecule has 0 fully saturated rings. The molecule has 0 bridgehead atoms. The molecule has 0 aliphatic heterocycles. The van der Waals surface area contributed by atoms with Gasteiger partial charge in [0.05, 0.1) is 5.41 Å². The number of aryl methyl sites for hydroxylation is 1. The molecule has 3 aromatic rings. The fraction of sp³-hybridized carbons (Fsp3) is 0.136. The molecule has 0 atom stereocenters. The van der Waals surface area contributed by atoms with Crippen LogP contribution in [0.3, 0.4) is 0 Å². The van der Waals surface area contributed by atoms with Crippen molar-refractivity contribution in [2.75, 3.05) is 5.32 Å². The van der Waals surface area contributed by atoms with Crippen LogP contribution in [0.1, 0.15) is 23.6 Å². The summed E-state index contributed by atoms with van der Waals surface area (Å²) in [5.41, 5.74) is 3.13. The predicted octanol–water partition coefficient (Wildman–Crippen LogP) is 4.94. The largest absolute Gasteiger partial charge is 0.325 e. The number of rotatable bonds is 4. The Labute approximate surface area is 143 Å². The summed E-state index contributed by atoms with van der Waals surface area (Å²) in [5.74, 6) is -0.0366. The molecule has 0 unspecified atom stereocenters. The third kappa shape index (κ3) is 3.09. The second-order valence-electron chi connectivity index (χ2n) is 6.18. The Hall–Kier alpha value is -2.87. The lowest BCUT2D eigenvalue weighted by Gasteiger charge is -2.29. The van der Waals surface area contributed by atoms with Gasteiger partial charge >= 0.3 is 0 Å². The van der Waals surface area contributed by atoms with Gasteiger partial charge < -0.3 is 5.32 Å².